The van der Waals surface area contributed by atoms with E-state index in [-0.39, 0.29) is 22.9 Å². The fourth-order valence-corrected chi connectivity index (χ4v) is 5.17. The number of hydrogen-bond acceptors (Lipinski definition) is 5. The summed E-state index contributed by atoms with van der Waals surface area (Å²) in [6.07, 6.45) is 0.618. The SMILES string of the molecule is CCC(Sc1cccc(NC(=O)c2ccccc2C)c1)C(=O)Nc1nc(-c2ccc(F)cc2)cs1. The van der Waals surface area contributed by atoms with Crippen LogP contribution in [0.1, 0.15) is 29.3 Å². The molecule has 1 aromatic heterocycles. The van der Waals surface area contributed by atoms with Crippen molar-refractivity contribution in [1.82, 2.24) is 4.98 Å². The van der Waals surface area contributed by atoms with Crippen LogP contribution in [0.5, 0.6) is 0 Å². The second-order valence-corrected chi connectivity index (χ2v) is 9.98. The van der Waals surface area contributed by atoms with E-state index in [2.05, 4.69) is 15.6 Å². The highest BCUT2D eigenvalue weighted by atomic mass is 32.2. The summed E-state index contributed by atoms with van der Waals surface area (Å²) in [6, 6.07) is 21.0. The number of aryl methyl sites for hydroxylation is 1. The number of thiazole rings is 1. The Labute approximate surface area is 211 Å². The minimum absolute atomic E-state index is 0.146. The number of benzene rings is 3. The van der Waals surface area contributed by atoms with E-state index in [1.165, 1.54) is 35.2 Å². The third-order valence-corrected chi connectivity index (χ3v) is 7.41. The van der Waals surface area contributed by atoms with E-state index in [0.717, 1.165) is 16.0 Å². The third-order valence-electron chi connectivity index (χ3n) is 5.30. The van der Waals surface area contributed by atoms with E-state index in [1.54, 1.807) is 18.2 Å². The molecule has 4 aromatic rings. The number of rotatable bonds is 8. The van der Waals surface area contributed by atoms with Crippen molar-refractivity contribution in [2.45, 2.75) is 30.4 Å². The first-order valence-electron chi connectivity index (χ1n) is 11.1. The average molecular weight is 506 g/mol. The molecular weight excluding hydrogens is 481 g/mol. The maximum absolute atomic E-state index is 13.2. The quantitative estimate of drug-likeness (QED) is 0.253. The van der Waals surface area contributed by atoms with Gasteiger partial charge in [-0.15, -0.1) is 23.1 Å². The summed E-state index contributed by atoms with van der Waals surface area (Å²) in [6.45, 7) is 3.85. The van der Waals surface area contributed by atoms with E-state index in [1.807, 2.05) is 61.7 Å². The van der Waals surface area contributed by atoms with Gasteiger partial charge in [0.05, 0.1) is 10.9 Å². The van der Waals surface area contributed by atoms with Crippen molar-refractivity contribution in [1.29, 1.82) is 0 Å². The monoisotopic (exact) mass is 505 g/mol. The van der Waals surface area contributed by atoms with Crippen molar-refractivity contribution >= 4 is 45.7 Å². The van der Waals surface area contributed by atoms with Crippen molar-refractivity contribution in [3.05, 3.63) is 95.1 Å². The van der Waals surface area contributed by atoms with Crippen LogP contribution in [0, 0.1) is 12.7 Å². The molecule has 3 aromatic carbocycles. The highest BCUT2D eigenvalue weighted by Gasteiger charge is 2.20. The van der Waals surface area contributed by atoms with Crippen LogP contribution in [0.25, 0.3) is 11.3 Å². The predicted octanol–water partition coefficient (Wildman–Crippen LogP) is 7.02. The molecule has 2 amide bonds. The molecule has 178 valence electrons. The fraction of sp³-hybridized carbons (Fsp3) is 0.148. The first kappa shape index (κ1) is 24.6. The van der Waals surface area contributed by atoms with Gasteiger partial charge in [-0.25, -0.2) is 9.37 Å². The van der Waals surface area contributed by atoms with Crippen LogP contribution in [0.2, 0.25) is 0 Å². The topological polar surface area (TPSA) is 71.1 Å². The zero-order valence-electron chi connectivity index (χ0n) is 19.2. The van der Waals surface area contributed by atoms with Gasteiger partial charge in [-0.1, -0.05) is 31.2 Å². The lowest BCUT2D eigenvalue weighted by Crippen LogP contribution is -2.24. The van der Waals surface area contributed by atoms with Gasteiger partial charge in [0.1, 0.15) is 5.82 Å². The van der Waals surface area contributed by atoms with Crippen LogP contribution in [-0.2, 0) is 4.79 Å². The Morgan fingerprint density at radius 3 is 2.54 bits per heavy atom. The second-order valence-electron chi connectivity index (χ2n) is 7.85. The van der Waals surface area contributed by atoms with Crippen LogP contribution >= 0.6 is 23.1 Å². The van der Waals surface area contributed by atoms with Crippen molar-refractivity contribution in [3.8, 4) is 11.3 Å². The maximum Gasteiger partial charge on any atom is 0.255 e. The van der Waals surface area contributed by atoms with Crippen LogP contribution in [-0.4, -0.2) is 22.0 Å². The van der Waals surface area contributed by atoms with Crippen LogP contribution in [0.3, 0.4) is 0 Å². The number of anilines is 2. The zero-order chi connectivity index (χ0) is 24.8. The Hall–Kier alpha value is -3.49. The number of halogens is 1. The number of thioether (sulfide) groups is 1. The molecule has 0 fully saturated rings. The number of carbonyl (C=O) groups excluding carboxylic acids is 2. The second kappa shape index (κ2) is 11.3. The summed E-state index contributed by atoms with van der Waals surface area (Å²) < 4.78 is 13.2. The normalized spacial score (nSPS) is 11.6. The van der Waals surface area contributed by atoms with Crippen LogP contribution < -0.4 is 10.6 Å². The molecule has 1 atom stereocenters. The average Bonchev–Trinajstić information content (AvgIpc) is 3.31. The lowest BCUT2D eigenvalue weighted by atomic mass is 10.1. The number of nitrogens with zero attached hydrogens (tertiary/aromatic N) is 1. The summed E-state index contributed by atoms with van der Waals surface area (Å²) in [4.78, 5) is 30.9. The number of amides is 2. The summed E-state index contributed by atoms with van der Waals surface area (Å²) in [5.74, 6) is -0.623. The van der Waals surface area contributed by atoms with E-state index < -0.39 is 0 Å². The van der Waals surface area contributed by atoms with E-state index in [9.17, 15) is 14.0 Å². The Bertz CT molecular complexity index is 1340. The molecule has 0 saturated carbocycles. The fourth-order valence-electron chi connectivity index (χ4n) is 3.43. The molecular formula is C27H24FN3O2S2. The Morgan fingerprint density at radius 1 is 1.03 bits per heavy atom. The summed E-state index contributed by atoms with van der Waals surface area (Å²) >= 11 is 2.76. The Kier molecular flexibility index (Phi) is 7.94. The summed E-state index contributed by atoms with van der Waals surface area (Å²) in [7, 11) is 0. The predicted molar refractivity (Wildman–Crippen MR) is 142 cm³/mol. The van der Waals surface area contributed by atoms with Gasteiger partial charge >= 0.3 is 0 Å². The smallest absolute Gasteiger partial charge is 0.255 e. The van der Waals surface area contributed by atoms with E-state index >= 15 is 0 Å². The van der Waals surface area contributed by atoms with Gasteiger partial charge in [-0.05, 0) is 67.4 Å². The molecule has 2 N–H and O–H groups in total. The van der Waals surface area contributed by atoms with Gasteiger partial charge in [0.2, 0.25) is 5.91 Å². The molecule has 0 saturated heterocycles. The third kappa shape index (κ3) is 6.35. The summed E-state index contributed by atoms with van der Waals surface area (Å²) in [5.41, 5.74) is 3.67. The van der Waals surface area contributed by atoms with Gasteiger partial charge in [0.25, 0.3) is 5.91 Å². The largest absolute Gasteiger partial charge is 0.322 e. The molecule has 0 aliphatic carbocycles. The van der Waals surface area contributed by atoms with Crippen LogP contribution in [0.15, 0.2) is 83.1 Å². The zero-order valence-corrected chi connectivity index (χ0v) is 20.9. The first-order valence-corrected chi connectivity index (χ1v) is 12.8. The van der Waals surface area contributed by atoms with Gasteiger partial charge in [0, 0.05) is 27.1 Å². The Balaban J connectivity index is 1.40. The first-order chi connectivity index (χ1) is 16.9. The molecule has 8 heteroatoms. The number of aromatic nitrogens is 1. The van der Waals surface area contributed by atoms with Crippen LogP contribution in [0.4, 0.5) is 15.2 Å². The highest BCUT2D eigenvalue weighted by molar-refractivity contribution is 8.00. The van der Waals surface area contributed by atoms with Gasteiger partial charge in [-0.3, -0.25) is 9.59 Å². The molecule has 0 aliphatic heterocycles. The van der Waals surface area contributed by atoms with Gasteiger partial charge < -0.3 is 10.6 Å². The van der Waals surface area contributed by atoms with Crippen molar-refractivity contribution < 1.29 is 14.0 Å². The van der Waals surface area contributed by atoms with Crippen molar-refractivity contribution in [3.63, 3.8) is 0 Å². The van der Waals surface area contributed by atoms with Gasteiger partial charge in [-0.2, -0.15) is 0 Å². The number of carbonyl (C=O) groups is 2. The molecule has 4 rings (SSSR count). The minimum Gasteiger partial charge on any atom is -0.322 e. The molecule has 0 bridgehead atoms. The molecule has 35 heavy (non-hydrogen) atoms. The lowest BCUT2D eigenvalue weighted by Gasteiger charge is -2.14. The van der Waals surface area contributed by atoms with E-state index in [0.29, 0.717) is 28.5 Å². The molecule has 0 spiro atoms. The Morgan fingerprint density at radius 2 is 1.80 bits per heavy atom. The molecule has 0 radical (unpaired) electrons. The standard InChI is InChI=1S/C27H24FN3O2S2/c1-3-24(26(33)31-27-30-23(16-34-27)18-11-13-19(28)14-12-18)35-21-9-6-8-20(15-21)29-25(32)22-10-5-4-7-17(22)2/h4-16,24H,3H2,1-2H3,(H,29,32)(H,30,31,33). The number of nitrogens with one attached hydrogen (secondary N) is 2. The maximum atomic E-state index is 13.2. The molecule has 1 heterocycles. The minimum atomic E-state index is -0.338. The molecule has 0 aliphatic rings. The van der Waals surface area contributed by atoms with Crippen molar-refractivity contribution in [2.24, 2.45) is 0 Å². The summed E-state index contributed by atoms with van der Waals surface area (Å²) in [5, 5.41) is 7.82. The molecule has 5 nitrogen and oxygen atoms in total. The van der Waals surface area contributed by atoms with Crippen molar-refractivity contribution in [2.75, 3.05) is 10.6 Å². The molecule has 1 unspecified atom stereocenters. The number of hydrogen-bond donors (Lipinski definition) is 2. The lowest BCUT2D eigenvalue weighted by molar-refractivity contribution is -0.115. The van der Waals surface area contributed by atoms with Gasteiger partial charge in [0.15, 0.2) is 5.13 Å². The highest BCUT2D eigenvalue weighted by Crippen LogP contribution is 2.30. The van der Waals surface area contributed by atoms with E-state index in [4.69, 9.17) is 0 Å².